The van der Waals surface area contributed by atoms with E-state index >= 15 is 0 Å². The summed E-state index contributed by atoms with van der Waals surface area (Å²) in [7, 11) is 1.71. The molecule has 1 fully saturated rings. The molecule has 0 radical (unpaired) electrons. The number of nitrogens with one attached hydrogen (secondary N) is 1. The van der Waals surface area contributed by atoms with Gasteiger partial charge in [-0.3, -0.25) is 9.89 Å². The minimum absolute atomic E-state index is 0.202. The smallest absolute Gasteiger partial charge is 0.356 e. The van der Waals surface area contributed by atoms with E-state index in [0.717, 1.165) is 37.3 Å². The Bertz CT molecular complexity index is 633. The van der Waals surface area contributed by atoms with Gasteiger partial charge in [-0.25, -0.2) is 4.39 Å². The summed E-state index contributed by atoms with van der Waals surface area (Å²) in [4.78, 5) is 7.87. The molecule has 0 bridgehead atoms. The third kappa shape index (κ3) is 7.66. The third-order valence-corrected chi connectivity index (χ3v) is 4.98. The second kappa shape index (κ2) is 10.6. The maximum atomic E-state index is 13.2. The van der Waals surface area contributed by atoms with Gasteiger partial charge in [-0.1, -0.05) is 19.1 Å². The lowest BCUT2D eigenvalue weighted by molar-refractivity contribution is -0.146. The molecule has 1 unspecified atom stereocenters. The van der Waals surface area contributed by atoms with Gasteiger partial charge in [0, 0.05) is 33.2 Å². The van der Waals surface area contributed by atoms with Crippen LogP contribution in [0.2, 0.25) is 0 Å². The van der Waals surface area contributed by atoms with Crippen molar-refractivity contribution in [1.82, 2.24) is 15.1 Å². The van der Waals surface area contributed by atoms with E-state index in [0.29, 0.717) is 26.2 Å². The number of nitrogens with zero attached hydrogens (tertiary/aromatic N) is 3. The van der Waals surface area contributed by atoms with E-state index in [1.165, 1.54) is 11.0 Å². The number of rotatable bonds is 8. The van der Waals surface area contributed by atoms with E-state index in [9.17, 15) is 17.6 Å². The van der Waals surface area contributed by atoms with Gasteiger partial charge in [0.2, 0.25) is 0 Å². The molecule has 0 spiro atoms. The Morgan fingerprint density at radius 3 is 2.79 bits per heavy atom. The SMILES string of the molecule is CCN(CC1CCN(C(=NC)NCCCc2cccc(F)c2)C1)CC(F)(F)F. The topological polar surface area (TPSA) is 30.9 Å². The Morgan fingerprint density at radius 1 is 1.36 bits per heavy atom. The molecule has 0 amide bonds. The lowest BCUT2D eigenvalue weighted by Gasteiger charge is -2.26. The molecule has 0 aromatic heterocycles. The van der Waals surface area contributed by atoms with E-state index in [-0.39, 0.29) is 11.7 Å². The van der Waals surface area contributed by atoms with Crippen LogP contribution in [-0.2, 0) is 6.42 Å². The summed E-state index contributed by atoms with van der Waals surface area (Å²) in [5.74, 6) is 0.754. The van der Waals surface area contributed by atoms with Crippen LogP contribution in [0.3, 0.4) is 0 Å². The summed E-state index contributed by atoms with van der Waals surface area (Å²) in [5, 5.41) is 3.31. The van der Waals surface area contributed by atoms with Crippen molar-refractivity contribution in [3.05, 3.63) is 35.6 Å². The highest BCUT2D eigenvalue weighted by Gasteiger charge is 2.32. The number of halogens is 4. The first kappa shape index (κ1) is 22.5. The van der Waals surface area contributed by atoms with Gasteiger partial charge >= 0.3 is 6.18 Å². The van der Waals surface area contributed by atoms with Crippen molar-refractivity contribution < 1.29 is 17.6 Å². The summed E-state index contributed by atoms with van der Waals surface area (Å²) >= 11 is 0. The second-order valence-electron chi connectivity index (χ2n) is 7.25. The summed E-state index contributed by atoms with van der Waals surface area (Å²) < 4.78 is 51.1. The van der Waals surface area contributed by atoms with Crippen LogP contribution < -0.4 is 5.32 Å². The molecule has 1 heterocycles. The van der Waals surface area contributed by atoms with Gasteiger partial charge < -0.3 is 10.2 Å². The normalized spacial score (nSPS) is 18.2. The zero-order valence-corrected chi connectivity index (χ0v) is 16.6. The van der Waals surface area contributed by atoms with Crippen molar-refractivity contribution in [2.45, 2.75) is 32.4 Å². The standard InChI is InChI=1S/C20H30F4N4/c1-3-27(15-20(22,23)24)13-17-9-11-28(14-17)19(25-2)26-10-5-7-16-6-4-8-18(21)12-16/h4,6,8,12,17H,3,5,7,9-11,13-15H2,1-2H3,(H,25,26). The van der Waals surface area contributed by atoms with Crippen LogP contribution in [0.5, 0.6) is 0 Å². The first-order valence-electron chi connectivity index (χ1n) is 9.80. The van der Waals surface area contributed by atoms with Crippen LogP contribution >= 0.6 is 0 Å². The first-order valence-corrected chi connectivity index (χ1v) is 9.80. The molecule has 28 heavy (non-hydrogen) atoms. The highest BCUT2D eigenvalue weighted by Crippen LogP contribution is 2.21. The van der Waals surface area contributed by atoms with E-state index in [2.05, 4.69) is 15.2 Å². The highest BCUT2D eigenvalue weighted by molar-refractivity contribution is 5.80. The first-order chi connectivity index (χ1) is 13.3. The number of hydrogen-bond donors (Lipinski definition) is 1. The Morgan fingerprint density at radius 2 is 2.14 bits per heavy atom. The predicted octanol–water partition coefficient (Wildman–Crippen LogP) is 3.54. The number of aliphatic imine (C=N–C) groups is 1. The Kier molecular flexibility index (Phi) is 8.54. The Labute approximate surface area is 164 Å². The molecule has 8 heteroatoms. The number of benzene rings is 1. The molecule has 1 aromatic rings. The molecule has 4 nitrogen and oxygen atoms in total. The van der Waals surface area contributed by atoms with Crippen LogP contribution in [0, 0.1) is 11.7 Å². The number of hydrogen-bond acceptors (Lipinski definition) is 2. The van der Waals surface area contributed by atoms with E-state index in [1.54, 1.807) is 26.1 Å². The molecule has 1 aliphatic rings. The third-order valence-electron chi connectivity index (χ3n) is 4.98. The fraction of sp³-hybridized carbons (Fsp3) is 0.650. The highest BCUT2D eigenvalue weighted by atomic mass is 19.4. The minimum atomic E-state index is -4.16. The number of likely N-dealkylation sites (tertiary alicyclic amines) is 1. The average Bonchev–Trinajstić information content (AvgIpc) is 3.08. The van der Waals surface area contributed by atoms with Crippen molar-refractivity contribution >= 4 is 5.96 Å². The van der Waals surface area contributed by atoms with Crippen molar-refractivity contribution in [3.63, 3.8) is 0 Å². The number of aryl methyl sites for hydroxylation is 1. The average molecular weight is 402 g/mol. The zero-order valence-electron chi connectivity index (χ0n) is 16.6. The van der Waals surface area contributed by atoms with Crippen molar-refractivity contribution in [1.29, 1.82) is 0 Å². The molecular formula is C20H30F4N4. The van der Waals surface area contributed by atoms with Gasteiger partial charge in [0.15, 0.2) is 5.96 Å². The quantitative estimate of drug-likeness (QED) is 0.312. The molecule has 0 saturated carbocycles. The van der Waals surface area contributed by atoms with E-state index < -0.39 is 12.7 Å². The molecule has 1 aromatic carbocycles. The fourth-order valence-electron chi connectivity index (χ4n) is 3.62. The Hall–Kier alpha value is -1.83. The molecule has 2 rings (SSSR count). The zero-order chi connectivity index (χ0) is 20.6. The summed E-state index contributed by atoms with van der Waals surface area (Å²) in [6, 6.07) is 6.59. The van der Waals surface area contributed by atoms with Gasteiger partial charge in [0.05, 0.1) is 6.54 Å². The Balaban J connectivity index is 1.74. The summed E-state index contributed by atoms with van der Waals surface area (Å²) in [6.07, 6.45) is -1.69. The monoisotopic (exact) mass is 402 g/mol. The molecule has 1 atom stereocenters. The van der Waals surface area contributed by atoms with Crippen LogP contribution in [0.4, 0.5) is 17.6 Å². The minimum Gasteiger partial charge on any atom is -0.356 e. The lowest BCUT2D eigenvalue weighted by Crippen LogP contribution is -2.42. The van der Waals surface area contributed by atoms with E-state index in [1.807, 2.05) is 6.07 Å². The van der Waals surface area contributed by atoms with Gasteiger partial charge in [-0.15, -0.1) is 0 Å². The van der Waals surface area contributed by atoms with Crippen LogP contribution in [-0.4, -0.2) is 68.3 Å². The molecule has 1 saturated heterocycles. The van der Waals surface area contributed by atoms with E-state index in [4.69, 9.17) is 0 Å². The van der Waals surface area contributed by atoms with Gasteiger partial charge in [-0.2, -0.15) is 13.2 Å². The molecule has 158 valence electrons. The maximum absolute atomic E-state index is 13.2. The van der Waals surface area contributed by atoms with Crippen molar-refractivity contribution in [2.24, 2.45) is 10.9 Å². The molecular weight excluding hydrogens is 372 g/mol. The van der Waals surface area contributed by atoms with Crippen molar-refractivity contribution in [3.8, 4) is 0 Å². The summed E-state index contributed by atoms with van der Waals surface area (Å²) in [5.41, 5.74) is 0.961. The molecule has 1 N–H and O–H groups in total. The predicted molar refractivity (Wildman–Crippen MR) is 104 cm³/mol. The van der Waals surface area contributed by atoms with Crippen LogP contribution in [0.15, 0.2) is 29.3 Å². The fourth-order valence-corrected chi connectivity index (χ4v) is 3.62. The molecule has 0 aliphatic carbocycles. The molecule has 1 aliphatic heterocycles. The maximum Gasteiger partial charge on any atom is 0.401 e. The van der Waals surface area contributed by atoms with Gasteiger partial charge in [0.25, 0.3) is 0 Å². The van der Waals surface area contributed by atoms with Crippen LogP contribution in [0.25, 0.3) is 0 Å². The largest absolute Gasteiger partial charge is 0.401 e. The van der Waals surface area contributed by atoms with Gasteiger partial charge in [-0.05, 0) is 49.4 Å². The second-order valence-corrected chi connectivity index (χ2v) is 7.25. The van der Waals surface area contributed by atoms with Crippen LogP contribution in [0.1, 0.15) is 25.3 Å². The number of alkyl halides is 3. The number of guanidine groups is 1. The lowest BCUT2D eigenvalue weighted by atomic mass is 10.1. The summed E-state index contributed by atoms with van der Waals surface area (Å²) in [6.45, 7) is 3.95. The van der Waals surface area contributed by atoms with Crippen molar-refractivity contribution in [2.75, 3.05) is 46.3 Å². The van der Waals surface area contributed by atoms with Gasteiger partial charge in [0.1, 0.15) is 5.82 Å².